The van der Waals surface area contributed by atoms with Crippen LogP contribution in [0.1, 0.15) is 0 Å². The Kier molecular flexibility index (Phi) is 10.3. The summed E-state index contributed by atoms with van der Waals surface area (Å²) in [6.07, 6.45) is 0. The Balaban J connectivity index is 0.891. The molecule has 0 amide bonds. The Morgan fingerprint density at radius 2 is 0.507 bits per heavy atom. The second-order valence-corrected chi connectivity index (χ2v) is 17.3. The molecule has 12 aromatic carbocycles. The van der Waals surface area contributed by atoms with Crippen LogP contribution in [0.3, 0.4) is 0 Å². The highest BCUT2D eigenvalue weighted by Crippen LogP contribution is 2.42. The normalized spacial score (nSPS) is 11.3. The third-order valence-electron chi connectivity index (χ3n) is 13.3. The van der Waals surface area contributed by atoms with E-state index in [1.807, 2.05) is 0 Å². The zero-order valence-electron chi connectivity index (χ0n) is 36.9. The third-order valence-corrected chi connectivity index (χ3v) is 13.3. The van der Waals surface area contributed by atoms with Crippen LogP contribution in [0.4, 0.5) is 17.1 Å². The maximum Gasteiger partial charge on any atom is 0.0462 e. The Morgan fingerprint density at radius 3 is 0.970 bits per heavy atom. The minimum Gasteiger partial charge on any atom is -0.311 e. The smallest absolute Gasteiger partial charge is 0.0462 e. The third kappa shape index (κ3) is 7.63. The first-order valence-corrected chi connectivity index (χ1v) is 23.1. The molecule has 12 aromatic rings. The molecular weight excluding hydrogens is 807 g/mol. The lowest BCUT2D eigenvalue weighted by Crippen LogP contribution is -2.09. The number of nitrogens with zero attached hydrogens (tertiary/aromatic N) is 1. The molecule has 0 aliphatic rings. The first-order valence-electron chi connectivity index (χ1n) is 23.1. The van der Waals surface area contributed by atoms with Crippen LogP contribution in [-0.4, -0.2) is 0 Å². The minimum absolute atomic E-state index is 1.09. The molecule has 0 spiro atoms. The molecule has 1 heteroatoms. The van der Waals surface area contributed by atoms with E-state index in [1.54, 1.807) is 0 Å². The van der Waals surface area contributed by atoms with Crippen molar-refractivity contribution in [3.8, 4) is 66.8 Å². The Labute approximate surface area is 392 Å². The van der Waals surface area contributed by atoms with Gasteiger partial charge in [-0.25, -0.2) is 0 Å². The van der Waals surface area contributed by atoms with Crippen molar-refractivity contribution >= 4 is 49.4 Å². The molecule has 0 N–H and O–H groups in total. The largest absolute Gasteiger partial charge is 0.311 e. The number of rotatable bonds is 9. The van der Waals surface area contributed by atoms with E-state index in [-0.39, 0.29) is 0 Å². The van der Waals surface area contributed by atoms with Crippen LogP contribution in [-0.2, 0) is 0 Å². The van der Waals surface area contributed by atoms with E-state index >= 15 is 0 Å². The topological polar surface area (TPSA) is 3.24 Å². The molecule has 12 rings (SSSR count). The van der Waals surface area contributed by atoms with E-state index in [2.05, 4.69) is 278 Å². The number of hydrogen-bond donors (Lipinski definition) is 0. The van der Waals surface area contributed by atoms with Gasteiger partial charge in [0.15, 0.2) is 0 Å². The van der Waals surface area contributed by atoms with Crippen LogP contribution in [0, 0.1) is 0 Å². The predicted octanol–water partition coefficient (Wildman–Crippen LogP) is 18.6. The van der Waals surface area contributed by atoms with E-state index in [0.29, 0.717) is 0 Å². The molecular formula is C66H45N. The van der Waals surface area contributed by atoms with Gasteiger partial charge in [-0.1, -0.05) is 237 Å². The molecule has 1 nitrogen and oxygen atoms in total. The summed E-state index contributed by atoms with van der Waals surface area (Å²) in [5.41, 5.74) is 17.8. The summed E-state index contributed by atoms with van der Waals surface area (Å²) >= 11 is 0. The number of hydrogen-bond acceptors (Lipinski definition) is 1. The average Bonchev–Trinajstić information content (AvgIpc) is 3.41. The highest BCUT2D eigenvalue weighted by atomic mass is 15.1. The fraction of sp³-hybridized carbons (Fsp3) is 0. The standard InChI is InChI=1S/C66H45N/c1-2-15-56(16-3-1)66-64-21-9-6-14-52(64)38-45-65(66)55-36-43-59(44-37-55)67(57-39-32-48(33-40-57)46-24-28-53(29-25-46)62-22-10-17-50-12-4-7-19-60(50)62)58-41-34-49(35-42-58)47-26-30-54(31-27-47)63-23-11-18-51-13-5-8-20-61(51)63/h1-45H. The van der Waals surface area contributed by atoms with E-state index in [4.69, 9.17) is 0 Å². The molecule has 314 valence electrons. The molecule has 0 fully saturated rings. The quantitative estimate of drug-likeness (QED) is 0.140. The molecule has 0 aliphatic heterocycles. The second kappa shape index (κ2) is 17.3. The van der Waals surface area contributed by atoms with Gasteiger partial charge in [-0.05, 0) is 135 Å². The summed E-state index contributed by atoms with van der Waals surface area (Å²) in [7, 11) is 0. The van der Waals surface area contributed by atoms with Gasteiger partial charge in [-0.15, -0.1) is 0 Å². The van der Waals surface area contributed by atoms with Gasteiger partial charge in [0.2, 0.25) is 0 Å². The molecule has 0 atom stereocenters. The van der Waals surface area contributed by atoms with Crippen molar-refractivity contribution in [2.45, 2.75) is 0 Å². The number of benzene rings is 12. The maximum absolute atomic E-state index is 2.36. The first-order chi connectivity index (χ1) is 33.2. The van der Waals surface area contributed by atoms with Gasteiger partial charge in [0.25, 0.3) is 0 Å². The number of anilines is 3. The fourth-order valence-electron chi connectivity index (χ4n) is 9.91. The minimum atomic E-state index is 1.09. The monoisotopic (exact) mass is 851 g/mol. The Hall–Kier alpha value is -8.78. The highest BCUT2D eigenvalue weighted by Gasteiger charge is 2.17. The zero-order valence-corrected chi connectivity index (χ0v) is 36.9. The van der Waals surface area contributed by atoms with Crippen LogP contribution in [0.5, 0.6) is 0 Å². The second-order valence-electron chi connectivity index (χ2n) is 17.3. The van der Waals surface area contributed by atoms with Crippen molar-refractivity contribution in [1.29, 1.82) is 0 Å². The van der Waals surface area contributed by atoms with Gasteiger partial charge < -0.3 is 4.90 Å². The van der Waals surface area contributed by atoms with Gasteiger partial charge >= 0.3 is 0 Å². The van der Waals surface area contributed by atoms with Crippen molar-refractivity contribution in [3.63, 3.8) is 0 Å². The van der Waals surface area contributed by atoms with E-state index in [9.17, 15) is 0 Å². The maximum atomic E-state index is 2.36. The van der Waals surface area contributed by atoms with Gasteiger partial charge in [-0.2, -0.15) is 0 Å². The summed E-state index contributed by atoms with van der Waals surface area (Å²) in [6.45, 7) is 0. The summed E-state index contributed by atoms with van der Waals surface area (Å²) in [6, 6.07) is 99.3. The lowest BCUT2D eigenvalue weighted by Gasteiger charge is -2.26. The molecule has 67 heavy (non-hydrogen) atoms. The summed E-state index contributed by atoms with van der Waals surface area (Å²) < 4.78 is 0. The van der Waals surface area contributed by atoms with Crippen molar-refractivity contribution in [1.82, 2.24) is 0 Å². The molecule has 0 saturated heterocycles. The molecule has 0 bridgehead atoms. The number of fused-ring (bicyclic) bond motifs is 3. The summed E-state index contributed by atoms with van der Waals surface area (Å²) in [5, 5.41) is 7.54. The van der Waals surface area contributed by atoms with E-state index in [1.165, 1.54) is 99.1 Å². The predicted molar refractivity (Wildman–Crippen MR) is 286 cm³/mol. The van der Waals surface area contributed by atoms with E-state index in [0.717, 1.165) is 17.1 Å². The first kappa shape index (κ1) is 39.8. The zero-order chi connectivity index (χ0) is 44.5. The lowest BCUT2D eigenvalue weighted by molar-refractivity contribution is 1.28. The van der Waals surface area contributed by atoms with E-state index < -0.39 is 0 Å². The fourth-order valence-corrected chi connectivity index (χ4v) is 9.91. The summed E-state index contributed by atoms with van der Waals surface area (Å²) in [4.78, 5) is 2.36. The molecule has 0 unspecified atom stereocenters. The molecule has 0 radical (unpaired) electrons. The lowest BCUT2D eigenvalue weighted by atomic mass is 9.90. The van der Waals surface area contributed by atoms with Gasteiger partial charge in [-0.3, -0.25) is 0 Å². The van der Waals surface area contributed by atoms with Crippen LogP contribution in [0.2, 0.25) is 0 Å². The van der Waals surface area contributed by atoms with Crippen molar-refractivity contribution in [3.05, 3.63) is 273 Å². The molecule has 0 heterocycles. The van der Waals surface area contributed by atoms with Crippen molar-refractivity contribution < 1.29 is 0 Å². The van der Waals surface area contributed by atoms with Crippen molar-refractivity contribution in [2.75, 3.05) is 4.90 Å². The highest BCUT2D eigenvalue weighted by molar-refractivity contribution is 6.04. The molecule has 0 aliphatic carbocycles. The Bertz CT molecular complexity index is 3510. The van der Waals surface area contributed by atoms with Gasteiger partial charge in [0, 0.05) is 17.1 Å². The van der Waals surface area contributed by atoms with Crippen LogP contribution >= 0.6 is 0 Å². The van der Waals surface area contributed by atoms with Crippen LogP contribution in [0.25, 0.3) is 99.1 Å². The SMILES string of the molecule is c1ccc(-c2c(-c3ccc(N(c4ccc(-c5ccc(-c6cccc7ccccc67)cc5)cc4)c4ccc(-c5ccc(-c6cccc7ccccc67)cc5)cc4)cc3)ccc3ccccc23)cc1. The average molecular weight is 852 g/mol. The summed E-state index contributed by atoms with van der Waals surface area (Å²) in [5.74, 6) is 0. The Morgan fingerprint density at radius 1 is 0.179 bits per heavy atom. The van der Waals surface area contributed by atoms with Crippen LogP contribution in [0.15, 0.2) is 273 Å². The van der Waals surface area contributed by atoms with Crippen LogP contribution < -0.4 is 4.90 Å². The van der Waals surface area contributed by atoms with Gasteiger partial charge in [0.05, 0.1) is 0 Å². The molecule has 0 aromatic heterocycles. The molecule has 0 saturated carbocycles. The van der Waals surface area contributed by atoms with Gasteiger partial charge in [0.1, 0.15) is 0 Å². The van der Waals surface area contributed by atoms with Crippen molar-refractivity contribution in [2.24, 2.45) is 0 Å².